The van der Waals surface area contributed by atoms with E-state index in [-0.39, 0.29) is 0 Å². The van der Waals surface area contributed by atoms with Crippen LogP contribution in [0.5, 0.6) is 0 Å². The van der Waals surface area contributed by atoms with Crippen LogP contribution in [0.15, 0.2) is 18.2 Å². The first-order valence-corrected chi connectivity index (χ1v) is 7.94. The van der Waals surface area contributed by atoms with Crippen LogP contribution in [0.2, 0.25) is 10.0 Å². The fraction of sp³-hybridized carbons (Fsp3) is 0.625. The van der Waals surface area contributed by atoms with Gasteiger partial charge in [0.25, 0.3) is 0 Å². The summed E-state index contributed by atoms with van der Waals surface area (Å²) in [5.41, 5.74) is 1.01. The minimum absolute atomic E-state index is 0.516. The number of anilines is 1. The van der Waals surface area contributed by atoms with Crippen molar-refractivity contribution < 1.29 is 0 Å². The average Bonchev–Trinajstić information content (AvgIpc) is 2.32. The summed E-state index contributed by atoms with van der Waals surface area (Å²) in [5.74, 6) is 2.22. The molecule has 0 aliphatic heterocycles. The third kappa shape index (κ3) is 3.79. The molecular formula is C16H23Cl2N. The van der Waals surface area contributed by atoms with Crippen molar-refractivity contribution in [3.05, 3.63) is 28.2 Å². The molecule has 1 fully saturated rings. The second kappa shape index (κ2) is 6.37. The maximum atomic E-state index is 6.27. The molecule has 2 rings (SSSR count). The monoisotopic (exact) mass is 299 g/mol. The lowest BCUT2D eigenvalue weighted by Gasteiger charge is -2.38. The first-order chi connectivity index (χ1) is 8.97. The van der Waals surface area contributed by atoms with E-state index in [1.165, 1.54) is 19.3 Å². The lowest BCUT2D eigenvalue weighted by atomic mass is 9.74. The van der Waals surface area contributed by atoms with Crippen molar-refractivity contribution in [3.8, 4) is 0 Å². The zero-order chi connectivity index (χ0) is 14.0. The number of benzene rings is 1. The smallest absolute Gasteiger partial charge is 0.0652 e. The first-order valence-electron chi connectivity index (χ1n) is 7.19. The van der Waals surface area contributed by atoms with E-state index in [2.05, 4.69) is 26.1 Å². The quantitative estimate of drug-likeness (QED) is 0.736. The molecular weight excluding hydrogens is 277 g/mol. The van der Waals surface area contributed by atoms with E-state index >= 15 is 0 Å². The Morgan fingerprint density at radius 2 is 1.95 bits per heavy atom. The van der Waals surface area contributed by atoms with Gasteiger partial charge in [0, 0.05) is 11.1 Å². The number of hydrogen-bond acceptors (Lipinski definition) is 1. The highest BCUT2D eigenvalue weighted by molar-refractivity contribution is 6.36. The summed E-state index contributed by atoms with van der Waals surface area (Å²) < 4.78 is 0. The number of nitrogens with one attached hydrogen (secondary N) is 1. The summed E-state index contributed by atoms with van der Waals surface area (Å²) in [5, 5.41) is 5.05. The molecule has 1 N–H and O–H groups in total. The fourth-order valence-corrected chi connectivity index (χ4v) is 3.64. The number of hydrogen-bond donors (Lipinski definition) is 1. The molecule has 0 bridgehead atoms. The van der Waals surface area contributed by atoms with Gasteiger partial charge in [-0.3, -0.25) is 0 Å². The van der Waals surface area contributed by atoms with Crippen molar-refractivity contribution in [1.29, 1.82) is 0 Å². The molecule has 0 saturated heterocycles. The second-order valence-corrected chi connectivity index (χ2v) is 7.04. The summed E-state index contributed by atoms with van der Waals surface area (Å²) in [6.45, 7) is 6.98. The summed E-state index contributed by atoms with van der Waals surface area (Å²) in [4.78, 5) is 0. The third-order valence-electron chi connectivity index (χ3n) is 4.29. The maximum Gasteiger partial charge on any atom is 0.0652 e. The van der Waals surface area contributed by atoms with Crippen molar-refractivity contribution in [2.75, 3.05) is 5.32 Å². The van der Waals surface area contributed by atoms with E-state index < -0.39 is 0 Å². The van der Waals surface area contributed by atoms with Crippen molar-refractivity contribution in [3.63, 3.8) is 0 Å². The molecule has 1 aromatic carbocycles. The van der Waals surface area contributed by atoms with Crippen molar-refractivity contribution >= 4 is 28.9 Å². The van der Waals surface area contributed by atoms with E-state index in [1.807, 2.05) is 18.2 Å². The molecule has 1 aliphatic rings. The molecule has 0 radical (unpaired) electrons. The summed E-state index contributed by atoms with van der Waals surface area (Å²) in [6.07, 6.45) is 3.87. The van der Waals surface area contributed by atoms with Gasteiger partial charge in [0.05, 0.1) is 10.7 Å². The molecule has 0 spiro atoms. The summed E-state index contributed by atoms with van der Waals surface area (Å²) >= 11 is 12.2. The van der Waals surface area contributed by atoms with Gasteiger partial charge in [0.1, 0.15) is 0 Å². The Morgan fingerprint density at radius 3 is 2.58 bits per heavy atom. The molecule has 0 aromatic heterocycles. The Labute approximate surface area is 126 Å². The molecule has 0 amide bonds. The highest BCUT2D eigenvalue weighted by Crippen LogP contribution is 2.36. The lowest BCUT2D eigenvalue weighted by Crippen LogP contribution is -2.37. The number of halogens is 2. The van der Waals surface area contributed by atoms with Crippen LogP contribution in [0.3, 0.4) is 0 Å². The van der Waals surface area contributed by atoms with Crippen LogP contribution in [0.25, 0.3) is 0 Å². The SMILES string of the molecule is CC1CCC(C(C)C)C(Nc2ccc(Cl)cc2Cl)C1. The minimum atomic E-state index is 0.516. The predicted molar refractivity (Wildman–Crippen MR) is 85.2 cm³/mol. The van der Waals surface area contributed by atoms with Gasteiger partial charge in [0.2, 0.25) is 0 Å². The Bertz CT molecular complexity index is 431. The van der Waals surface area contributed by atoms with Crippen LogP contribution >= 0.6 is 23.2 Å². The molecule has 1 aromatic rings. The van der Waals surface area contributed by atoms with Gasteiger partial charge in [0.15, 0.2) is 0 Å². The van der Waals surface area contributed by atoms with Crippen molar-refractivity contribution in [1.82, 2.24) is 0 Å². The molecule has 106 valence electrons. The lowest BCUT2D eigenvalue weighted by molar-refractivity contribution is 0.212. The molecule has 0 heterocycles. The van der Waals surface area contributed by atoms with Gasteiger partial charge in [-0.25, -0.2) is 0 Å². The van der Waals surface area contributed by atoms with Crippen LogP contribution in [-0.4, -0.2) is 6.04 Å². The highest BCUT2D eigenvalue weighted by Gasteiger charge is 2.30. The normalized spacial score (nSPS) is 27.6. The van der Waals surface area contributed by atoms with Crippen LogP contribution in [0.4, 0.5) is 5.69 Å². The zero-order valence-electron chi connectivity index (χ0n) is 11.9. The molecule has 1 nitrogen and oxygen atoms in total. The Morgan fingerprint density at radius 1 is 1.21 bits per heavy atom. The van der Waals surface area contributed by atoms with E-state index in [4.69, 9.17) is 23.2 Å². The van der Waals surface area contributed by atoms with Crippen LogP contribution in [0, 0.1) is 17.8 Å². The molecule has 3 heteroatoms. The van der Waals surface area contributed by atoms with E-state index in [9.17, 15) is 0 Å². The van der Waals surface area contributed by atoms with Gasteiger partial charge in [-0.2, -0.15) is 0 Å². The van der Waals surface area contributed by atoms with Gasteiger partial charge in [-0.05, 0) is 48.8 Å². The van der Waals surface area contributed by atoms with Crippen LogP contribution in [-0.2, 0) is 0 Å². The van der Waals surface area contributed by atoms with Crippen LogP contribution < -0.4 is 5.32 Å². The minimum Gasteiger partial charge on any atom is -0.381 e. The zero-order valence-corrected chi connectivity index (χ0v) is 13.4. The maximum absolute atomic E-state index is 6.27. The van der Waals surface area contributed by atoms with Crippen molar-refractivity contribution in [2.24, 2.45) is 17.8 Å². The topological polar surface area (TPSA) is 12.0 Å². The van der Waals surface area contributed by atoms with Gasteiger partial charge in [-0.15, -0.1) is 0 Å². The largest absolute Gasteiger partial charge is 0.381 e. The van der Waals surface area contributed by atoms with Gasteiger partial charge < -0.3 is 5.32 Å². The summed E-state index contributed by atoms with van der Waals surface area (Å²) in [6, 6.07) is 6.21. The molecule has 1 aliphatic carbocycles. The first kappa shape index (κ1) is 15.0. The van der Waals surface area contributed by atoms with Gasteiger partial charge >= 0.3 is 0 Å². The van der Waals surface area contributed by atoms with E-state index in [0.29, 0.717) is 22.0 Å². The molecule has 3 unspecified atom stereocenters. The average molecular weight is 300 g/mol. The second-order valence-electron chi connectivity index (χ2n) is 6.20. The third-order valence-corrected chi connectivity index (χ3v) is 4.84. The van der Waals surface area contributed by atoms with Gasteiger partial charge in [-0.1, -0.05) is 50.4 Å². The molecule has 3 atom stereocenters. The Kier molecular flexibility index (Phi) is 5.03. The predicted octanol–water partition coefficient (Wildman–Crippen LogP) is 5.87. The highest BCUT2D eigenvalue weighted by atomic mass is 35.5. The number of rotatable bonds is 3. The van der Waals surface area contributed by atoms with Crippen molar-refractivity contribution in [2.45, 2.75) is 46.1 Å². The van der Waals surface area contributed by atoms with Crippen LogP contribution in [0.1, 0.15) is 40.0 Å². The van der Waals surface area contributed by atoms with E-state index in [0.717, 1.165) is 17.5 Å². The summed E-state index contributed by atoms with van der Waals surface area (Å²) in [7, 11) is 0. The fourth-order valence-electron chi connectivity index (χ4n) is 3.17. The molecule has 19 heavy (non-hydrogen) atoms. The Hall–Kier alpha value is -0.400. The van der Waals surface area contributed by atoms with E-state index in [1.54, 1.807) is 0 Å². The molecule has 1 saturated carbocycles. The standard InChI is InChI=1S/C16H23Cl2N/c1-10(2)13-6-4-11(3)8-16(13)19-15-7-5-12(17)9-14(15)18/h5,7,9-11,13,16,19H,4,6,8H2,1-3H3. The Balaban J connectivity index is 2.14.